The number of aromatic nitrogens is 1. The van der Waals surface area contributed by atoms with E-state index in [2.05, 4.69) is 15.6 Å². The average Bonchev–Trinajstić information content (AvgIpc) is 3.52. The lowest BCUT2D eigenvalue weighted by atomic mass is 10.0. The van der Waals surface area contributed by atoms with Crippen molar-refractivity contribution in [1.82, 2.24) is 10.3 Å². The predicted molar refractivity (Wildman–Crippen MR) is 157 cm³/mol. The number of hydrogen-bond acceptors (Lipinski definition) is 4. The van der Waals surface area contributed by atoms with Crippen LogP contribution in [0.3, 0.4) is 0 Å². The molecule has 1 aliphatic heterocycles. The summed E-state index contributed by atoms with van der Waals surface area (Å²) in [6, 6.07) is 20.3. The normalized spacial score (nSPS) is 17.1. The van der Waals surface area contributed by atoms with E-state index in [1.807, 2.05) is 86.3 Å². The molecule has 1 amide bonds. The van der Waals surface area contributed by atoms with Crippen molar-refractivity contribution in [3.8, 4) is 11.3 Å². The summed E-state index contributed by atoms with van der Waals surface area (Å²) in [7, 11) is 0. The zero-order valence-corrected chi connectivity index (χ0v) is 23.4. The SMILES string of the molecule is Cc1cc(N2C(=S)N[C@@H](c3ccccn3)[C@@H]2c2ccc(-c3cccc(Cl)c3Cl)o2)ccc1NC(=O)C(C)C. The lowest BCUT2D eigenvalue weighted by Crippen LogP contribution is -2.29. The lowest BCUT2D eigenvalue weighted by molar-refractivity contribution is -0.118. The van der Waals surface area contributed by atoms with Crippen molar-refractivity contribution in [2.75, 3.05) is 10.2 Å². The Morgan fingerprint density at radius 2 is 1.92 bits per heavy atom. The fourth-order valence-corrected chi connectivity index (χ4v) is 5.23. The van der Waals surface area contributed by atoms with Crippen LogP contribution < -0.4 is 15.5 Å². The highest BCUT2D eigenvalue weighted by Crippen LogP contribution is 2.44. The Balaban J connectivity index is 1.56. The lowest BCUT2D eigenvalue weighted by Gasteiger charge is -2.27. The van der Waals surface area contributed by atoms with Crippen LogP contribution in [0, 0.1) is 12.8 Å². The summed E-state index contributed by atoms with van der Waals surface area (Å²) in [5.74, 6) is 1.14. The van der Waals surface area contributed by atoms with E-state index in [1.165, 1.54) is 0 Å². The van der Waals surface area contributed by atoms with Gasteiger partial charge < -0.3 is 20.0 Å². The maximum atomic E-state index is 12.3. The molecule has 0 radical (unpaired) electrons. The van der Waals surface area contributed by atoms with Crippen LogP contribution >= 0.6 is 35.4 Å². The van der Waals surface area contributed by atoms with Gasteiger partial charge in [-0.3, -0.25) is 9.78 Å². The van der Waals surface area contributed by atoms with Gasteiger partial charge in [-0.05, 0) is 79.3 Å². The maximum Gasteiger partial charge on any atom is 0.226 e. The quantitative estimate of drug-likeness (QED) is 0.233. The molecule has 38 heavy (non-hydrogen) atoms. The molecule has 2 atom stereocenters. The van der Waals surface area contributed by atoms with Crippen molar-refractivity contribution < 1.29 is 9.21 Å². The number of carbonyl (C=O) groups is 1. The molecule has 1 saturated heterocycles. The molecular weight excluding hydrogens is 539 g/mol. The summed E-state index contributed by atoms with van der Waals surface area (Å²) < 4.78 is 6.41. The number of nitrogens with one attached hydrogen (secondary N) is 2. The third-order valence-corrected chi connectivity index (χ3v) is 7.64. The van der Waals surface area contributed by atoms with Gasteiger partial charge in [-0.1, -0.05) is 49.2 Å². The number of pyridine rings is 1. The fourth-order valence-electron chi connectivity index (χ4n) is 4.49. The zero-order chi connectivity index (χ0) is 27.0. The molecule has 2 aromatic carbocycles. The number of furan rings is 1. The molecule has 5 rings (SSSR count). The second-order valence-corrected chi connectivity index (χ2v) is 10.6. The van der Waals surface area contributed by atoms with Crippen molar-refractivity contribution in [3.05, 3.63) is 100.0 Å². The number of nitrogens with zero attached hydrogens (tertiary/aromatic N) is 2. The van der Waals surface area contributed by atoms with Gasteiger partial charge in [0.1, 0.15) is 17.6 Å². The number of benzene rings is 2. The molecule has 1 aliphatic rings. The molecule has 0 unspecified atom stereocenters. The van der Waals surface area contributed by atoms with Gasteiger partial charge in [-0.25, -0.2) is 0 Å². The van der Waals surface area contributed by atoms with Crippen LogP contribution in [0.4, 0.5) is 11.4 Å². The van der Waals surface area contributed by atoms with Gasteiger partial charge in [0, 0.05) is 29.1 Å². The topological polar surface area (TPSA) is 70.4 Å². The number of amides is 1. The molecule has 1 fully saturated rings. The first-order valence-electron chi connectivity index (χ1n) is 12.2. The summed E-state index contributed by atoms with van der Waals surface area (Å²) in [6.07, 6.45) is 1.76. The first kappa shape index (κ1) is 26.2. The molecule has 4 aromatic rings. The summed E-state index contributed by atoms with van der Waals surface area (Å²) in [4.78, 5) is 18.9. The van der Waals surface area contributed by atoms with Gasteiger partial charge in [0.15, 0.2) is 5.11 Å². The number of carbonyl (C=O) groups excluding carboxylic acids is 1. The van der Waals surface area contributed by atoms with E-state index < -0.39 is 0 Å². The van der Waals surface area contributed by atoms with Gasteiger partial charge in [0.2, 0.25) is 5.91 Å². The third kappa shape index (κ3) is 5.01. The number of aryl methyl sites for hydroxylation is 1. The molecule has 6 nitrogen and oxygen atoms in total. The van der Waals surface area contributed by atoms with Crippen molar-refractivity contribution in [2.24, 2.45) is 5.92 Å². The summed E-state index contributed by atoms with van der Waals surface area (Å²) >= 11 is 18.6. The van der Waals surface area contributed by atoms with E-state index in [-0.39, 0.29) is 23.9 Å². The highest BCUT2D eigenvalue weighted by atomic mass is 35.5. The number of anilines is 2. The second-order valence-electron chi connectivity index (χ2n) is 9.44. The van der Waals surface area contributed by atoms with Crippen molar-refractivity contribution in [2.45, 2.75) is 32.9 Å². The minimum absolute atomic E-state index is 0.0323. The Morgan fingerprint density at radius 1 is 1.11 bits per heavy atom. The van der Waals surface area contributed by atoms with Crippen molar-refractivity contribution in [1.29, 1.82) is 0 Å². The highest BCUT2D eigenvalue weighted by molar-refractivity contribution is 7.80. The van der Waals surface area contributed by atoms with Crippen LogP contribution in [0.25, 0.3) is 11.3 Å². The number of halogens is 2. The minimum atomic E-state index is -0.334. The van der Waals surface area contributed by atoms with Gasteiger partial charge >= 0.3 is 0 Å². The first-order chi connectivity index (χ1) is 18.2. The molecule has 0 aliphatic carbocycles. The molecule has 194 valence electrons. The van der Waals surface area contributed by atoms with Crippen LogP contribution in [0.5, 0.6) is 0 Å². The summed E-state index contributed by atoms with van der Waals surface area (Å²) in [5.41, 5.74) is 4.09. The van der Waals surface area contributed by atoms with Gasteiger partial charge in [0.05, 0.1) is 21.8 Å². The molecule has 3 heterocycles. The Labute approximate surface area is 237 Å². The summed E-state index contributed by atoms with van der Waals surface area (Å²) in [5, 5.41) is 7.86. The third-order valence-electron chi connectivity index (χ3n) is 6.50. The smallest absolute Gasteiger partial charge is 0.226 e. The standard InChI is InChI=1S/C29H26Cl2N4O2S/c1-16(2)28(36)33-21-11-10-18(15-17(21)3)35-27(26(34-29(35)38)22-9-4-5-14-32-22)24-13-12-23(37-24)19-7-6-8-20(30)25(19)31/h4-16,26-27H,1-3H3,(H,33,36)(H,34,38)/t26-,27-/m0/s1. The molecule has 0 spiro atoms. The number of thiocarbonyl (C=S) groups is 1. The molecule has 9 heteroatoms. The van der Waals surface area contributed by atoms with Gasteiger partial charge in [-0.15, -0.1) is 0 Å². The predicted octanol–water partition coefficient (Wildman–Crippen LogP) is 7.73. The van der Waals surface area contributed by atoms with E-state index in [0.29, 0.717) is 32.2 Å². The van der Waals surface area contributed by atoms with Gasteiger partial charge in [0.25, 0.3) is 0 Å². The van der Waals surface area contributed by atoms with Crippen LogP contribution in [0.15, 0.2) is 77.3 Å². The van der Waals surface area contributed by atoms with Crippen LogP contribution in [-0.4, -0.2) is 16.0 Å². The maximum absolute atomic E-state index is 12.3. The van der Waals surface area contributed by atoms with Crippen LogP contribution in [0.1, 0.15) is 42.9 Å². The molecule has 0 saturated carbocycles. The van der Waals surface area contributed by atoms with E-state index >= 15 is 0 Å². The molecule has 0 bridgehead atoms. The summed E-state index contributed by atoms with van der Waals surface area (Å²) in [6.45, 7) is 5.69. The van der Waals surface area contributed by atoms with Crippen molar-refractivity contribution in [3.63, 3.8) is 0 Å². The van der Waals surface area contributed by atoms with Crippen LogP contribution in [-0.2, 0) is 4.79 Å². The zero-order valence-electron chi connectivity index (χ0n) is 21.0. The molecule has 2 aromatic heterocycles. The van der Waals surface area contributed by atoms with E-state index in [1.54, 1.807) is 12.3 Å². The van der Waals surface area contributed by atoms with E-state index in [4.69, 9.17) is 39.8 Å². The Bertz CT molecular complexity index is 1510. The second kappa shape index (κ2) is 10.8. The first-order valence-corrected chi connectivity index (χ1v) is 13.4. The minimum Gasteiger partial charge on any atom is -0.459 e. The monoisotopic (exact) mass is 564 g/mol. The number of hydrogen-bond donors (Lipinski definition) is 2. The number of rotatable bonds is 6. The molecular formula is C29H26Cl2N4O2S. The Morgan fingerprint density at radius 3 is 2.63 bits per heavy atom. The largest absolute Gasteiger partial charge is 0.459 e. The van der Waals surface area contributed by atoms with E-state index in [9.17, 15) is 4.79 Å². The molecule has 2 N–H and O–H groups in total. The Kier molecular flexibility index (Phi) is 7.43. The highest BCUT2D eigenvalue weighted by Gasteiger charge is 2.42. The van der Waals surface area contributed by atoms with Crippen molar-refractivity contribution >= 4 is 57.8 Å². The Hall–Kier alpha value is -3.39. The average molecular weight is 566 g/mol. The van der Waals surface area contributed by atoms with E-state index in [0.717, 1.165) is 22.6 Å². The fraction of sp³-hybridized carbons (Fsp3) is 0.207. The van der Waals surface area contributed by atoms with Crippen LogP contribution in [0.2, 0.25) is 10.0 Å². The van der Waals surface area contributed by atoms with Gasteiger partial charge in [-0.2, -0.15) is 0 Å².